The van der Waals surface area contributed by atoms with Crippen molar-refractivity contribution in [1.82, 2.24) is 20.1 Å². The molecule has 0 aliphatic rings. The number of halogens is 2. The normalized spacial score (nSPS) is 11.8. The van der Waals surface area contributed by atoms with Crippen molar-refractivity contribution in [3.63, 3.8) is 0 Å². The van der Waals surface area contributed by atoms with Gasteiger partial charge in [-0.05, 0) is 75.2 Å². The lowest BCUT2D eigenvalue weighted by molar-refractivity contribution is -0.113. The van der Waals surface area contributed by atoms with Crippen LogP contribution in [0.3, 0.4) is 0 Å². The van der Waals surface area contributed by atoms with Crippen LogP contribution in [0.5, 0.6) is 0 Å². The van der Waals surface area contributed by atoms with E-state index in [-0.39, 0.29) is 23.6 Å². The molecule has 1 aromatic heterocycles. The van der Waals surface area contributed by atoms with Crippen LogP contribution in [-0.2, 0) is 11.3 Å². The van der Waals surface area contributed by atoms with Crippen LogP contribution >= 0.6 is 39.3 Å². The molecule has 3 rings (SSSR count). The molecule has 2 amide bonds. The van der Waals surface area contributed by atoms with Gasteiger partial charge in [-0.1, -0.05) is 39.3 Å². The molecule has 0 fully saturated rings. The summed E-state index contributed by atoms with van der Waals surface area (Å²) in [5.74, 6) is 0.476. The van der Waals surface area contributed by atoms with Crippen molar-refractivity contribution < 1.29 is 9.59 Å². The maximum Gasteiger partial charge on any atom is 0.251 e. The predicted molar refractivity (Wildman–Crippen MR) is 136 cm³/mol. The van der Waals surface area contributed by atoms with Crippen molar-refractivity contribution in [1.29, 1.82) is 0 Å². The molecule has 0 unspecified atom stereocenters. The average Bonchev–Trinajstić information content (AvgIpc) is 3.18. The van der Waals surface area contributed by atoms with E-state index in [2.05, 4.69) is 36.8 Å². The maximum atomic E-state index is 12.6. The highest BCUT2D eigenvalue weighted by atomic mass is 79.9. The van der Waals surface area contributed by atoms with E-state index in [1.165, 1.54) is 11.8 Å². The van der Waals surface area contributed by atoms with Crippen molar-refractivity contribution in [2.75, 3.05) is 11.1 Å². The SMILES string of the molecule is CCn1c(SCC(=O)Nc2c(C)cc(Br)cc2C)nnc1[C@@H](C)NC(=O)c1ccc(Cl)cc1. The summed E-state index contributed by atoms with van der Waals surface area (Å²) in [4.78, 5) is 25.1. The molecule has 0 radical (unpaired) electrons. The summed E-state index contributed by atoms with van der Waals surface area (Å²) in [5, 5.41) is 15.6. The molecule has 0 saturated carbocycles. The van der Waals surface area contributed by atoms with Gasteiger partial charge < -0.3 is 15.2 Å². The zero-order valence-corrected chi connectivity index (χ0v) is 21.9. The smallest absolute Gasteiger partial charge is 0.251 e. The lowest BCUT2D eigenvalue weighted by Gasteiger charge is -2.15. The summed E-state index contributed by atoms with van der Waals surface area (Å²) in [6.45, 7) is 8.35. The topological polar surface area (TPSA) is 88.9 Å². The van der Waals surface area contributed by atoms with E-state index < -0.39 is 0 Å². The highest BCUT2D eigenvalue weighted by molar-refractivity contribution is 9.10. The summed E-state index contributed by atoms with van der Waals surface area (Å²) in [5.41, 5.74) is 3.31. The Labute approximate surface area is 210 Å². The number of rotatable bonds is 8. The van der Waals surface area contributed by atoms with Gasteiger partial charge in [0.15, 0.2) is 11.0 Å². The van der Waals surface area contributed by atoms with Gasteiger partial charge in [-0.3, -0.25) is 9.59 Å². The Morgan fingerprint density at radius 3 is 2.39 bits per heavy atom. The molecular weight excluding hydrogens is 526 g/mol. The second-order valence-corrected chi connectivity index (χ2v) is 9.83. The zero-order chi connectivity index (χ0) is 24.1. The molecule has 3 aromatic rings. The van der Waals surface area contributed by atoms with E-state index in [1.54, 1.807) is 24.3 Å². The zero-order valence-electron chi connectivity index (χ0n) is 18.8. The van der Waals surface area contributed by atoms with Gasteiger partial charge in [-0.25, -0.2) is 0 Å². The Kier molecular flexibility index (Phi) is 8.56. The third-order valence-electron chi connectivity index (χ3n) is 5.00. The number of nitrogens with zero attached hydrogens (tertiary/aromatic N) is 3. The number of aryl methyl sites for hydroxylation is 2. The molecule has 10 heteroatoms. The van der Waals surface area contributed by atoms with Gasteiger partial charge in [0.25, 0.3) is 5.91 Å². The molecule has 0 aliphatic heterocycles. The molecule has 2 N–H and O–H groups in total. The van der Waals surface area contributed by atoms with Gasteiger partial charge in [-0.2, -0.15) is 0 Å². The minimum atomic E-state index is -0.364. The second kappa shape index (κ2) is 11.2. The third-order valence-corrected chi connectivity index (χ3v) is 6.67. The number of hydrogen-bond acceptors (Lipinski definition) is 5. The number of aromatic nitrogens is 3. The molecular formula is C23H25BrClN5O2S. The minimum absolute atomic E-state index is 0.121. The first-order valence-corrected chi connectivity index (χ1v) is 12.5. The van der Waals surface area contributed by atoms with Crippen LogP contribution < -0.4 is 10.6 Å². The molecule has 0 saturated heterocycles. The van der Waals surface area contributed by atoms with E-state index in [1.807, 2.05) is 44.4 Å². The van der Waals surface area contributed by atoms with Gasteiger partial charge in [0.1, 0.15) is 0 Å². The Morgan fingerprint density at radius 1 is 1.15 bits per heavy atom. The molecule has 1 atom stereocenters. The summed E-state index contributed by atoms with van der Waals surface area (Å²) >= 11 is 10.7. The van der Waals surface area contributed by atoms with Crippen LogP contribution in [0.1, 0.15) is 47.2 Å². The summed E-state index contributed by atoms with van der Waals surface area (Å²) in [6.07, 6.45) is 0. The van der Waals surface area contributed by atoms with Crippen LogP contribution in [0, 0.1) is 13.8 Å². The molecule has 2 aromatic carbocycles. The van der Waals surface area contributed by atoms with E-state index in [4.69, 9.17) is 11.6 Å². The van der Waals surface area contributed by atoms with Gasteiger partial charge in [0.05, 0.1) is 11.8 Å². The first kappa shape index (κ1) is 25.3. The fourth-order valence-corrected chi connectivity index (χ4v) is 5.01. The van der Waals surface area contributed by atoms with E-state index >= 15 is 0 Å². The first-order chi connectivity index (χ1) is 15.7. The number of carbonyl (C=O) groups is 2. The highest BCUT2D eigenvalue weighted by Crippen LogP contribution is 2.26. The van der Waals surface area contributed by atoms with Crippen molar-refractivity contribution in [3.8, 4) is 0 Å². The second-order valence-electron chi connectivity index (χ2n) is 7.54. The Balaban J connectivity index is 1.64. The Morgan fingerprint density at radius 2 is 1.79 bits per heavy atom. The van der Waals surface area contributed by atoms with E-state index in [9.17, 15) is 9.59 Å². The number of hydrogen-bond donors (Lipinski definition) is 2. The number of thioether (sulfide) groups is 1. The van der Waals surface area contributed by atoms with Gasteiger partial charge in [-0.15, -0.1) is 10.2 Å². The summed E-state index contributed by atoms with van der Waals surface area (Å²) in [6, 6.07) is 10.3. The van der Waals surface area contributed by atoms with E-state index in [0.29, 0.717) is 28.1 Å². The van der Waals surface area contributed by atoms with Crippen molar-refractivity contribution in [2.24, 2.45) is 0 Å². The number of anilines is 1. The van der Waals surface area contributed by atoms with Crippen molar-refractivity contribution in [3.05, 3.63) is 68.4 Å². The molecule has 1 heterocycles. The molecule has 33 heavy (non-hydrogen) atoms. The quantitative estimate of drug-likeness (QED) is 0.359. The summed E-state index contributed by atoms with van der Waals surface area (Å²) in [7, 11) is 0. The van der Waals surface area contributed by atoms with Crippen LogP contribution in [0.2, 0.25) is 5.02 Å². The van der Waals surface area contributed by atoms with Gasteiger partial charge >= 0.3 is 0 Å². The first-order valence-electron chi connectivity index (χ1n) is 10.4. The van der Waals surface area contributed by atoms with Crippen LogP contribution in [-0.4, -0.2) is 32.3 Å². The molecule has 7 nitrogen and oxygen atoms in total. The highest BCUT2D eigenvalue weighted by Gasteiger charge is 2.20. The molecule has 0 bridgehead atoms. The molecule has 0 aliphatic carbocycles. The van der Waals surface area contributed by atoms with E-state index in [0.717, 1.165) is 21.3 Å². The lowest BCUT2D eigenvalue weighted by Crippen LogP contribution is -2.28. The fourth-order valence-electron chi connectivity index (χ4n) is 3.38. The Bertz CT molecular complexity index is 1140. The number of nitrogens with one attached hydrogen (secondary N) is 2. The molecule has 174 valence electrons. The standard InChI is InChI=1S/C23H25BrClN5O2S/c1-5-30-21(15(4)26-22(32)16-6-8-18(25)9-7-16)28-29-23(30)33-12-19(31)27-20-13(2)10-17(24)11-14(20)3/h6-11,15H,5,12H2,1-4H3,(H,26,32)(H,27,31)/t15-/m1/s1. The largest absolute Gasteiger partial charge is 0.342 e. The van der Waals surface area contributed by atoms with Gasteiger partial charge in [0, 0.05) is 27.3 Å². The van der Waals surface area contributed by atoms with Crippen LogP contribution in [0.25, 0.3) is 0 Å². The van der Waals surface area contributed by atoms with Gasteiger partial charge in [0.2, 0.25) is 5.91 Å². The van der Waals surface area contributed by atoms with Crippen LogP contribution in [0.15, 0.2) is 46.0 Å². The molecule has 0 spiro atoms. The van der Waals surface area contributed by atoms with Crippen LogP contribution in [0.4, 0.5) is 5.69 Å². The fraction of sp³-hybridized carbons (Fsp3) is 0.304. The van der Waals surface area contributed by atoms with Crippen molar-refractivity contribution >= 4 is 56.8 Å². The monoisotopic (exact) mass is 549 g/mol. The Hall–Kier alpha value is -2.36. The number of amides is 2. The summed E-state index contributed by atoms with van der Waals surface area (Å²) < 4.78 is 2.88. The average molecular weight is 551 g/mol. The number of benzene rings is 2. The predicted octanol–water partition coefficient (Wildman–Crippen LogP) is 5.55. The number of carbonyl (C=O) groups excluding carboxylic acids is 2. The third kappa shape index (κ3) is 6.37. The van der Waals surface area contributed by atoms with Crippen molar-refractivity contribution in [2.45, 2.75) is 45.4 Å². The minimum Gasteiger partial charge on any atom is -0.342 e. The lowest BCUT2D eigenvalue weighted by atomic mass is 10.1. The maximum absolute atomic E-state index is 12.6.